The van der Waals surface area contributed by atoms with Crippen LogP contribution >= 0.6 is 31.9 Å². The van der Waals surface area contributed by atoms with Crippen molar-refractivity contribution in [3.63, 3.8) is 0 Å². The second kappa shape index (κ2) is 5.27. The molecule has 4 nitrogen and oxygen atoms in total. The van der Waals surface area contributed by atoms with Crippen molar-refractivity contribution in [3.8, 4) is 5.75 Å². The normalized spacial score (nSPS) is 9.73. The molecule has 0 bridgehead atoms. The van der Waals surface area contributed by atoms with Crippen LogP contribution < -0.4 is 9.84 Å². The SMILES string of the molecule is O=Cc1cc(Br)c(OCC(=O)[O-])c(Br)c1. The second-order valence-electron chi connectivity index (χ2n) is 2.59. The van der Waals surface area contributed by atoms with Gasteiger partial charge in [0.05, 0.1) is 14.9 Å². The first-order valence-electron chi connectivity index (χ1n) is 3.81. The number of aliphatic carboxylic acids is 1. The molecule has 0 aliphatic rings. The number of carbonyl (C=O) groups is 2. The molecule has 0 aromatic heterocycles. The van der Waals surface area contributed by atoms with E-state index < -0.39 is 12.6 Å². The number of aldehydes is 1. The van der Waals surface area contributed by atoms with Gasteiger partial charge in [-0.25, -0.2) is 0 Å². The van der Waals surface area contributed by atoms with Crippen LogP contribution in [-0.4, -0.2) is 18.9 Å². The highest BCUT2D eigenvalue weighted by Gasteiger charge is 2.08. The third-order valence-corrected chi connectivity index (χ3v) is 2.67. The molecule has 0 heterocycles. The number of hydrogen-bond acceptors (Lipinski definition) is 4. The fraction of sp³-hybridized carbons (Fsp3) is 0.111. The van der Waals surface area contributed by atoms with Gasteiger partial charge in [-0.3, -0.25) is 4.79 Å². The highest BCUT2D eigenvalue weighted by Crippen LogP contribution is 2.34. The van der Waals surface area contributed by atoms with E-state index in [1.807, 2.05) is 0 Å². The highest BCUT2D eigenvalue weighted by molar-refractivity contribution is 9.11. The van der Waals surface area contributed by atoms with Crippen molar-refractivity contribution in [1.29, 1.82) is 0 Å². The zero-order valence-corrected chi connectivity index (χ0v) is 10.5. The van der Waals surface area contributed by atoms with E-state index in [0.717, 1.165) is 0 Å². The molecule has 1 aromatic rings. The van der Waals surface area contributed by atoms with Crippen LogP contribution in [0.2, 0.25) is 0 Å². The van der Waals surface area contributed by atoms with Crippen molar-refractivity contribution in [2.75, 3.05) is 6.61 Å². The Labute approximate surface area is 102 Å². The molecule has 0 atom stereocenters. The van der Waals surface area contributed by atoms with Gasteiger partial charge >= 0.3 is 0 Å². The number of rotatable bonds is 4. The molecule has 0 aliphatic carbocycles. The van der Waals surface area contributed by atoms with Crippen LogP contribution in [-0.2, 0) is 4.79 Å². The van der Waals surface area contributed by atoms with Crippen molar-refractivity contribution >= 4 is 44.1 Å². The Morgan fingerprint density at radius 1 is 1.40 bits per heavy atom. The Hall–Kier alpha value is -0.880. The largest absolute Gasteiger partial charge is 0.546 e. The first kappa shape index (κ1) is 12.2. The number of hydrogen-bond donors (Lipinski definition) is 0. The van der Waals surface area contributed by atoms with Gasteiger partial charge < -0.3 is 14.6 Å². The lowest BCUT2D eigenvalue weighted by molar-refractivity contribution is -0.307. The van der Waals surface area contributed by atoms with E-state index in [-0.39, 0.29) is 0 Å². The zero-order valence-electron chi connectivity index (χ0n) is 7.33. The van der Waals surface area contributed by atoms with Crippen LogP contribution in [0.3, 0.4) is 0 Å². The number of carboxylic acid groups (broad SMARTS) is 1. The van der Waals surface area contributed by atoms with Gasteiger partial charge in [-0.15, -0.1) is 0 Å². The maximum absolute atomic E-state index is 10.5. The molecule has 0 saturated carbocycles. The first-order valence-corrected chi connectivity index (χ1v) is 5.40. The molecule has 0 amide bonds. The van der Waals surface area contributed by atoms with Crippen LogP contribution in [0.1, 0.15) is 10.4 Å². The van der Waals surface area contributed by atoms with Crippen LogP contribution in [0.5, 0.6) is 5.75 Å². The fourth-order valence-electron chi connectivity index (χ4n) is 0.917. The van der Waals surface area contributed by atoms with Crippen LogP contribution in [0, 0.1) is 0 Å². The van der Waals surface area contributed by atoms with Gasteiger partial charge in [-0.2, -0.15) is 0 Å². The Balaban J connectivity index is 2.97. The molecule has 6 heteroatoms. The van der Waals surface area contributed by atoms with Crippen molar-refractivity contribution < 1.29 is 19.4 Å². The van der Waals surface area contributed by atoms with E-state index in [1.165, 1.54) is 12.1 Å². The van der Waals surface area contributed by atoms with E-state index in [9.17, 15) is 14.7 Å². The standard InChI is InChI=1S/C9H6Br2O4/c10-6-1-5(3-12)2-7(11)9(6)15-4-8(13)14/h1-3H,4H2,(H,13,14)/p-1. The maximum atomic E-state index is 10.5. The average Bonchev–Trinajstić information content (AvgIpc) is 2.15. The molecular weight excluding hydrogens is 332 g/mol. The van der Waals surface area contributed by atoms with E-state index in [1.54, 1.807) is 0 Å². The van der Waals surface area contributed by atoms with E-state index in [2.05, 4.69) is 31.9 Å². The molecule has 1 rings (SSSR count). The van der Waals surface area contributed by atoms with E-state index >= 15 is 0 Å². The summed E-state index contributed by atoms with van der Waals surface area (Å²) < 4.78 is 5.96. The van der Waals surface area contributed by atoms with Gasteiger partial charge in [0.15, 0.2) is 0 Å². The van der Waals surface area contributed by atoms with Crippen LogP contribution in [0.4, 0.5) is 0 Å². The molecule has 0 spiro atoms. The van der Waals surface area contributed by atoms with E-state index in [0.29, 0.717) is 26.5 Å². The Morgan fingerprint density at radius 2 is 1.93 bits per heavy atom. The molecule has 0 fully saturated rings. The lowest BCUT2D eigenvalue weighted by Crippen LogP contribution is -2.29. The molecule has 80 valence electrons. The molecule has 0 aliphatic heterocycles. The Morgan fingerprint density at radius 3 is 2.33 bits per heavy atom. The molecule has 0 radical (unpaired) electrons. The van der Waals surface area contributed by atoms with Gasteiger partial charge in [-0.1, -0.05) is 0 Å². The predicted octanol–water partition coefficient (Wildman–Crippen LogP) is 1.15. The summed E-state index contributed by atoms with van der Waals surface area (Å²) in [6.07, 6.45) is 0.679. The van der Waals surface area contributed by atoms with Crippen molar-refractivity contribution in [2.24, 2.45) is 0 Å². The molecule has 15 heavy (non-hydrogen) atoms. The minimum Gasteiger partial charge on any atom is -0.546 e. The van der Waals surface area contributed by atoms with E-state index in [4.69, 9.17) is 4.74 Å². The molecular formula is C9H5Br2O4-. The van der Waals surface area contributed by atoms with Gasteiger partial charge in [0.1, 0.15) is 18.6 Å². The highest BCUT2D eigenvalue weighted by atomic mass is 79.9. The first-order chi connectivity index (χ1) is 7.04. The predicted molar refractivity (Wildman–Crippen MR) is 57.7 cm³/mol. The summed E-state index contributed by atoms with van der Waals surface area (Å²) in [6.45, 7) is -0.544. The monoisotopic (exact) mass is 335 g/mol. The van der Waals surface area contributed by atoms with Crippen molar-refractivity contribution in [1.82, 2.24) is 0 Å². The fourth-order valence-corrected chi connectivity index (χ4v) is 2.37. The van der Waals surface area contributed by atoms with Crippen LogP contribution in [0.25, 0.3) is 0 Å². The second-order valence-corrected chi connectivity index (χ2v) is 4.30. The minimum atomic E-state index is -1.31. The number of halogens is 2. The van der Waals surface area contributed by atoms with Crippen LogP contribution in [0.15, 0.2) is 21.1 Å². The summed E-state index contributed by atoms with van der Waals surface area (Å²) in [5, 5.41) is 10.2. The number of carboxylic acids is 1. The third kappa shape index (κ3) is 3.32. The van der Waals surface area contributed by atoms with Crippen molar-refractivity contribution in [2.45, 2.75) is 0 Å². The summed E-state index contributed by atoms with van der Waals surface area (Å²) in [4.78, 5) is 20.7. The van der Waals surface area contributed by atoms with Gasteiger partial charge in [0.25, 0.3) is 0 Å². The molecule has 0 N–H and O–H groups in total. The minimum absolute atomic E-state index is 0.324. The number of ether oxygens (including phenoxy) is 1. The lowest BCUT2D eigenvalue weighted by atomic mass is 10.2. The quantitative estimate of drug-likeness (QED) is 0.774. The summed E-state index contributed by atoms with van der Waals surface area (Å²) in [7, 11) is 0. The zero-order chi connectivity index (χ0) is 11.4. The average molecular weight is 337 g/mol. The van der Waals surface area contributed by atoms with Crippen molar-refractivity contribution in [3.05, 3.63) is 26.6 Å². The lowest BCUT2D eigenvalue weighted by Gasteiger charge is -2.10. The Kier molecular flexibility index (Phi) is 4.28. The number of benzene rings is 1. The van der Waals surface area contributed by atoms with Gasteiger partial charge in [0.2, 0.25) is 0 Å². The maximum Gasteiger partial charge on any atom is 0.150 e. The molecule has 0 unspecified atom stereocenters. The summed E-state index contributed by atoms with van der Waals surface area (Å²) in [5.74, 6) is -0.988. The summed E-state index contributed by atoms with van der Waals surface area (Å²) in [5.41, 5.74) is 0.453. The molecule has 0 saturated heterocycles. The topological polar surface area (TPSA) is 66.4 Å². The molecule has 1 aromatic carbocycles. The summed E-state index contributed by atoms with van der Waals surface area (Å²) in [6, 6.07) is 3.06. The third-order valence-electron chi connectivity index (χ3n) is 1.49. The van der Waals surface area contributed by atoms with Gasteiger partial charge in [-0.05, 0) is 44.0 Å². The summed E-state index contributed by atoms with van der Waals surface area (Å²) >= 11 is 6.32. The van der Waals surface area contributed by atoms with Gasteiger partial charge in [0, 0.05) is 5.56 Å². The smallest absolute Gasteiger partial charge is 0.150 e. The Bertz CT molecular complexity index is 380. The number of carbonyl (C=O) groups excluding carboxylic acids is 2.